The van der Waals surface area contributed by atoms with Crippen molar-refractivity contribution in [1.29, 1.82) is 0 Å². The van der Waals surface area contributed by atoms with Crippen LogP contribution in [0.4, 0.5) is 0 Å². The van der Waals surface area contributed by atoms with Crippen molar-refractivity contribution in [3.05, 3.63) is 0 Å². The van der Waals surface area contributed by atoms with Crippen LogP contribution in [0.15, 0.2) is 0 Å². The van der Waals surface area contributed by atoms with Crippen LogP contribution in [-0.2, 0) is 9.47 Å². The normalized spacial score (nSPS) is 20.5. The Morgan fingerprint density at radius 1 is 1.33 bits per heavy atom. The maximum atomic E-state index is 5.50. The molecule has 1 aliphatic carbocycles. The number of methoxy groups -OCH3 is 1. The van der Waals surface area contributed by atoms with Crippen molar-refractivity contribution in [1.82, 2.24) is 0 Å². The summed E-state index contributed by atoms with van der Waals surface area (Å²) in [6.07, 6.45) is 3.90. The maximum Gasteiger partial charge on any atom is 0.0700 e. The van der Waals surface area contributed by atoms with E-state index in [9.17, 15) is 0 Å². The molecule has 0 atom stereocenters. The van der Waals surface area contributed by atoms with Crippen LogP contribution < -0.4 is 0 Å². The molecule has 1 aliphatic rings. The SMILES string of the molecule is COCCOCC1(CS)CCC1. The van der Waals surface area contributed by atoms with Gasteiger partial charge in [-0.2, -0.15) is 12.6 Å². The molecule has 1 rings (SSSR count). The van der Waals surface area contributed by atoms with Gasteiger partial charge in [0.25, 0.3) is 0 Å². The molecule has 0 aromatic rings. The summed E-state index contributed by atoms with van der Waals surface area (Å²) in [6, 6.07) is 0. The fourth-order valence-corrected chi connectivity index (χ4v) is 1.86. The van der Waals surface area contributed by atoms with Crippen molar-refractivity contribution in [3.63, 3.8) is 0 Å². The molecule has 1 fully saturated rings. The first kappa shape index (κ1) is 10.4. The predicted molar refractivity (Wildman–Crippen MR) is 52.8 cm³/mol. The molecule has 1 saturated carbocycles. The molecule has 0 saturated heterocycles. The van der Waals surface area contributed by atoms with Crippen LogP contribution >= 0.6 is 12.6 Å². The lowest BCUT2D eigenvalue weighted by atomic mass is 9.71. The first-order chi connectivity index (χ1) is 5.83. The lowest BCUT2D eigenvalue weighted by Crippen LogP contribution is -2.36. The molecule has 0 bridgehead atoms. The summed E-state index contributed by atoms with van der Waals surface area (Å²) in [6.45, 7) is 2.27. The first-order valence-corrected chi connectivity index (χ1v) is 5.14. The molecule has 0 aromatic heterocycles. The minimum atomic E-state index is 0.400. The van der Waals surface area contributed by atoms with Crippen molar-refractivity contribution in [2.75, 3.05) is 32.7 Å². The Hall–Kier alpha value is 0.270. The third-order valence-electron chi connectivity index (χ3n) is 2.59. The topological polar surface area (TPSA) is 18.5 Å². The van der Waals surface area contributed by atoms with E-state index < -0.39 is 0 Å². The average Bonchev–Trinajstić information content (AvgIpc) is 2.02. The molecule has 0 amide bonds. The number of hydrogen-bond donors (Lipinski definition) is 1. The molecule has 2 nitrogen and oxygen atoms in total. The van der Waals surface area contributed by atoms with Crippen molar-refractivity contribution in [2.24, 2.45) is 5.41 Å². The van der Waals surface area contributed by atoms with Gasteiger partial charge in [-0.25, -0.2) is 0 Å². The van der Waals surface area contributed by atoms with Crippen LogP contribution in [0.2, 0.25) is 0 Å². The lowest BCUT2D eigenvalue weighted by molar-refractivity contribution is -0.00882. The zero-order chi connectivity index (χ0) is 8.86. The fourth-order valence-electron chi connectivity index (χ4n) is 1.46. The van der Waals surface area contributed by atoms with Gasteiger partial charge in [-0.1, -0.05) is 6.42 Å². The highest BCUT2D eigenvalue weighted by atomic mass is 32.1. The van der Waals surface area contributed by atoms with Crippen molar-refractivity contribution in [3.8, 4) is 0 Å². The fraction of sp³-hybridized carbons (Fsp3) is 1.00. The molecule has 12 heavy (non-hydrogen) atoms. The number of ether oxygens (including phenoxy) is 2. The maximum absolute atomic E-state index is 5.50. The molecule has 0 unspecified atom stereocenters. The Balaban J connectivity index is 2.04. The molecule has 72 valence electrons. The van der Waals surface area contributed by atoms with Gasteiger partial charge in [0.05, 0.1) is 19.8 Å². The summed E-state index contributed by atoms with van der Waals surface area (Å²) in [7, 11) is 1.70. The molecule has 0 N–H and O–H groups in total. The first-order valence-electron chi connectivity index (χ1n) is 4.50. The second-order valence-electron chi connectivity index (χ2n) is 3.56. The average molecular weight is 190 g/mol. The Labute approximate surface area is 80.0 Å². The van der Waals surface area contributed by atoms with Crippen LogP contribution in [0.1, 0.15) is 19.3 Å². The molecule has 0 aromatic carbocycles. The van der Waals surface area contributed by atoms with Gasteiger partial charge in [-0.15, -0.1) is 0 Å². The van der Waals surface area contributed by atoms with E-state index in [1.807, 2.05) is 0 Å². The summed E-state index contributed by atoms with van der Waals surface area (Å²) in [5.74, 6) is 0.958. The van der Waals surface area contributed by atoms with Crippen LogP contribution in [0.25, 0.3) is 0 Å². The smallest absolute Gasteiger partial charge is 0.0700 e. The highest BCUT2D eigenvalue weighted by Gasteiger charge is 2.35. The van der Waals surface area contributed by atoms with Gasteiger partial charge in [-0.3, -0.25) is 0 Å². The van der Waals surface area contributed by atoms with Crippen molar-refractivity contribution < 1.29 is 9.47 Å². The van der Waals surface area contributed by atoms with Gasteiger partial charge in [0.15, 0.2) is 0 Å². The predicted octanol–water partition coefficient (Wildman–Crippen LogP) is 1.75. The molecule has 0 aliphatic heterocycles. The van der Waals surface area contributed by atoms with E-state index >= 15 is 0 Å². The highest BCUT2D eigenvalue weighted by Crippen LogP contribution is 2.41. The van der Waals surface area contributed by atoms with E-state index in [1.54, 1.807) is 7.11 Å². The van der Waals surface area contributed by atoms with Crippen molar-refractivity contribution in [2.45, 2.75) is 19.3 Å². The van der Waals surface area contributed by atoms with E-state index in [0.29, 0.717) is 18.6 Å². The van der Waals surface area contributed by atoms with Gasteiger partial charge in [0.1, 0.15) is 0 Å². The lowest BCUT2D eigenvalue weighted by Gasteiger charge is -2.40. The van der Waals surface area contributed by atoms with Crippen LogP contribution in [0.5, 0.6) is 0 Å². The van der Waals surface area contributed by atoms with Crippen molar-refractivity contribution >= 4 is 12.6 Å². The summed E-state index contributed by atoms with van der Waals surface area (Å²) in [5.41, 5.74) is 0.400. The van der Waals surface area contributed by atoms with Crippen LogP contribution in [0.3, 0.4) is 0 Å². The number of thiol groups is 1. The highest BCUT2D eigenvalue weighted by molar-refractivity contribution is 7.80. The van der Waals surface area contributed by atoms with Crippen LogP contribution in [-0.4, -0.2) is 32.7 Å². The Morgan fingerprint density at radius 3 is 2.50 bits per heavy atom. The van der Waals surface area contributed by atoms with Gasteiger partial charge in [0, 0.05) is 12.5 Å². The number of rotatable bonds is 6. The molecular formula is C9H18O2S. The summed E-state index contributed by atoms with van der Waals surface area (Å²) >= 11 is 4.35. The number of hydrogen-bond acceptors (Lipinski definition) is 3. The summed E-state index contributed by atoms with van der Waals surface area (Å²) < 4.78 is 10.4. The third kappa shape index (κ3) is 2.64. The largest absolute Gasteiger partial charge is 0.382 e. The van der Waals surface area contributed by atoms with E-state index in [1.165, 1.54) is 19.3 Å². The quantitative estimate of drug-likeness (QED) is 0.508. The Bertz CT molecular complexity index is 118. The monoisotopic (exact) mass is 190 g/mol. The molecule has 0 heterocycles. The molecule has 0 radical (unpaired) electrons. The minimum absolute atomic E-state index is 0.400. The van der Waals surface area contributed by atoms with Gasteiger partial charge >= 0.3 is 0 Å². The second kappa shape index (κ2) is 5.10. The third-order valence-corrected chi connectivity index (χ3v) is 3.26. The molecule has 3 heteroatoms. The van der Waals surface area contributed by atoms with Gasteiger partial charge in [-0.05, 0) is 18.6 Å². The van der Waals surface area contributed by atoms with E-state index in [4.69, 9.17) is 9.47 Å². The second-order valence-corrected chi connectivity index (χ2v) is 3.87. The molecular weight excluding hydrogens is 172 g/mol. The van der Waals surface area contributed by atoms with Crippen LogP contribution in [0, 0.1) is 5.41 Å². The standard InChI is InChI=1S/C9H18O2S/c1-10-5-6-11-7-9(8-12)3-2-4-9/h12H,2-8H2,1H3. The Morgan fingerprint density at radius 2 is 2.08 bits per heavy atom. The summed E-state index contributed by atoms with van der Waals surface area (Å²) in [5, 5.41) is 0. The van der Waals surface area contributed by atoms with E-state index in [0.717, 1.165) is 12.4 Å². The zero-order valence-corrected chi connectivity index (χ0v) is 8.61. The molecule has 0 spiro atoms. The van der Waals surface area contributed by atoms with Gasteiger partial charge < -0.3 is 9.47 Å². The summed E-state index contributed by atoms with van der Waals surface area (Å²) in [4.78, 5) is 0. The zero-order valence-electron chi connectivity index (χ0n) is 7.71. The van der Waals surface area contributed by atoms with E-state index in [2.05, 4.69) is 12.6 Å². The Kier molecular flexibility index (Phi) is 4.40. The van der Waals surface area contributed by atoms with Gasteiger partial charge in [0.2, 0.25) is 0 Å². The van der Waals surface area contributed by atoms with E-state index in [-0.39, 0.29) is 0 Å². The minimum Gasteiger partial charge on any atom is -0.382 e.